The van der Waals surface area contributed by atoms with Gasteiger partial charge in [0.15, 0.2) is 0 Å². The quantitative estimate of drug-likeness (QED) is 0.730. The van der Waals surface area contributed by atoms with Crippen LogP contribution in [0.25, 0.3) is 0 Å². The molecule has 1 amide bonds. The van der Waals surface area contributed by atoms with E-state index in [1.165, 1.54) is 4.31 Å². The largest absolute Gasteiger partial charge is 0.351 e. The zero-order valence-electron chi connectivity index (χ0n) is 14.8. The first-order valence-electron chi connectivity index (χ1n) is 8.79. The van der Waals surface area contributed by atoms with Crippen LogP contribution in [-0.4, -0.2) is 62.8 Å². The number of rotatable bonds is 6. The molecule has 27 heavy (non-hydrogen) atoms. The van der Waals surface area contributed by atoms with Gasteiger partial charge in [0.05, 0.1) is 10.5 Å². The van der Waals surface area contributed by atoms with Gasteiger partial charge in [-0.05, 0) is 40.2 Å². The van der Waals surface area contributed by atoms with E-state index >= 15 is 0 Å². The van der Waals surface area contributed by atoms with Gasteiger partial charge in [-0.2, -0.15) is 4.31 Å². The lowest BCUT2D eigenvalue weighted by atomic mass is 10.2. The van der Waals surface area contributed by atoms with Crippen LogP contribution in [0, 0.1) is 0 Å². The van der Waals surface area contributed by atoms with Crippen molar-refractivity contribution in [3.63, 3.8) is 0 Å². The van der Waals surface area contributed by atoms with E-state index < -0.39 is 10.0 Å². The maximum atomic E-state index is 12.6. The van der Waals surface area contributed by atoms with E-state index in [9.17, 15) is 13.2 Å². The van der Waals surface area contributed by atoms with Crippen LogP contribution < -0.4 is 5.32 Å². The summed E-state index contributed by atoms with van der Waals surface area (Å²) in [6.07, 6.45) is 0. The van der Waals surface area contributed by atoms with E-state index in [2.05, 4.69) is 26.1 Å². The van der Waals surface area contributed by atoms with Gasteiger partial charge in [0.2, 0.25) is 10.0 Å². The van der Waals surface area contributed by atoms with Gasteiger partial charge in [-0.3, -0.25) is 9.69 Å². The lowest BCUT2D eigenvalue weighted by molar-refractivity contribution is 0.0944. The first-order chi connectivity index (χ1) is 13.0. The fraction of sp³-hybridized carbons (Fsp3) is 0.316. The van der Waals surface area contributed by atoms with Gasteiger partial charge >= 0.3 is 0 Å². The van der Waals surface area contributed by atoms with Gasteiger partial charge in [-0.1, -0.05) is 30.3 Å². The number of amides is 1. The number of halogens is 1. The molecule has 6 nitrogen and oxygen atoms in total. The second kappa shape index (κ2) is 8.97. The number of carbonyl (C=O) groups excluding carboxylic acids is 1. The van der Waals surface area contributed by atoms with Gasteiger partial charge in [0.1, 0.15) is 0 Å². The van der Waals surface area contributed by atoms with E-state index in [-0.39, 0.29) is 5.91 Å². The topological polar surface area (TPSA) is 69.7 Å². The van der Waals surface area contributed by atoms with Crippen LogP contribution in [0.5, 0.6) is 0 Å². The Morgan fingerprint density at radius 3 is 2.26 bits per heavy atom. The summed E-state index contributed by atoms with van der Waals surface area (Å²) in [5.41, 5.74) is 0.608. The molecule has 0 atom stereocenters. The average Bonchev–Trinajstić information content (AvgIpc) is 2.69. The Bertz CT molecular complexity index is 882. The fourth-order valence-electron chi connectivity index (χ4n) is 3.00. The summed E-state index contributed by atoms with van der Waals surface area (Å²) in [4.78, 5) is 14.7. The van der Waals surface area contributed by atoms with Gasteiger partial charge < -0.3 is 5.32 Å². The number of hydrogen-bond donors (Lipinski definition) is 1. The molecule has 1 fully saturated rings. The second-order valence-electron chi connectivity index (χ2n) is 6.29. The number of piperazine rings is 1. The van der Waals surface area contributed by atoms with Crippen molar-refractivity contribution >= 4 is 31.9 Å². The van der Waals surface area contributed by atoms with E-state index in [0.29, 0.717) is 49.7 Å². The zero-order chi connectivity index (χ0) is 19.3. The highest BCUT2D eigenvalue weighted by atomic mass is 79.9. The Kier molecular flexibility index (Phi) is 6.64. The lowest BCUT2D eigenvalue weighted by Crippen LogP contribution is -2.50. The lowest BCUT2D eigenvalue weighted by Gasteiger charge is -2.33. The predicted octanol–water partition coefficient (Wildman–Crippen LogP) is 2.19. The van der Waals surface area contributed by atoms with Crippen molar-refractivity contribution in [1.82, 2.24) is 14.5 Å². The molecule has 0 radical (unpaired) electrons. The van der Waals surface area contributed by atoms with Gasteiger partial charge in [-0.15, -0.1) is 0 Å². The number of benzene rings is 2. The molecule has 1 aliphatic rings. The van der Waals surface area contributed by atoms with Crippen molar-refractivity contribution in [3.8, 4) is 0 Å². The first-order valence-corrected chi connectivity index (χ1v) is 11.0. The molecule has 2 aromatic carbocycles. The predicted molar refractivity (Wildman–Crippen MR) is 108 cm³/mol. The average molecular weight is 452 g/mol. The maximum Gasteiger partial charge on any atom is 0.252 e. The third-order valence-corrected chi connectivity index (χ3v) is 7.15. The van der Waals surface area contributed by atoms with Gasteiger partial charge in [0.25, 0.3) is 5.91 Å². The summed E-state index contributed by atoms with van der Waals surface area (Å²) in [6.45, 7) is 3.42. The molecule has 0 spiro atoms. The van der Waals surface area contributed by atoms with E-state index in [1.807, 2.05) is 18.2 Å². The van der Waals surface area contributed by atoms with Crippen molar-refractivity contribution in [1.29, 1.82) is 0 Å². The third kappa shape index (κ3) is 4.95. The summed E-state index contributed by atoms with van der Waals surface area (Å²) in [5.74, 6) is -0.118. The summed E-state index contributed by atoms with van der Waals surface area (Å²) >= 11 is 3.38. The molecule has 0 aliphatic carbocycles. The summed E-state index contributed by atoms with van der Waals surface area (Å²) in [6, 6.07) is 15.8. The van der Waals surface area contributed by atoms with E-state index in [1.54, 1.807) is 36.4 Å². The van der Waals surface area contributed by atoms with Crippen molar-refractivity contribution in [2.75, 3.05) is 39.3 Å². The molecule has 0 bridgehead atoms. The fourth-order valence-corrected chi connectivity index (χ4v) is 4.91. The molecular formula is C19H22BrN3O3S. The summed E-state index contributed by atoms with van der Waals surface area (Å²) in [5, 5.41) is 2.91. The molecule has 1 heterocycles. The van der Waals surface area contributed by atoms with Crippen LogP contribution in [-0.2, 0) is 10.0 Å². The number of nitrogens with one attached hydrogen (secondary N) is 1. The molecule has 1 saturated heterocycles. The number of carbonyl (C=O) groups is 1. The highest BCUT2D eigenvalue weighted by Crippen LogP contribution is 2.17. The molecule has 0 saturated carbocycles. The summed E-state index contributed by atoms with van der Waals surface area (Å²) < 4.78 is 27.6. The van der Waals surface area contributed by atoms with Crippen LogP contribution in [0.1, 0.15) is 10.4 Å². The van der Waals surface area contributed by atoms with Crippen molar-refractivity contribution in [2.24, 2.45) is 0 Å². The first kappa shape index (κ1) is 20.0. The van der Waals surface area contributed by atoms with Crippen molar-refractivity contribution < 1.29 is 13.2 Å². The Labute approximate surface area is 168 Å². The monoisotopic (exact) mass is 451 g/mol. The standard InChI is InChI=1S/C19H22BrN3O3S/c20-18-9-5-4-8-17(18)19(24)21-10-11-22-12-14-23(15-13-22)27(25,26)16-6-2-1-3-7-16/h1-9H,10-15H2,(H,21,24). The second-order valence-corrected chi connectivity index (χ2v) is 9.09. The molecule has 0 aromatic heterocycles. The minimum atomic E-state index is -3.43. The Morgan fingerprint density at radius 2 is 1.59 bits per heavy atom. The van der Waals surface area contributed by atoms with Crippen LogP contribution in [0.15, 0.2) is 64.0 Å². The zero-order valence-corrected chi connectivity index (χ0v) is 17.2. The minimum absolute atomic E-state index is 0.118. The molecule has 0 unspecified atom stereocenters. The normalized spacial score (nSPS) is 16.2. The van der Waals surface area contributed by atoms with E-state index in [4.69, 9.17) is 0 Å². The smallest absolute Gasteiger partial charge is 0.252 e. The number of nitrogens with zero attached hydrogens (tertiary/aromatic N) is 2. The van der Waals surface area contributed by atoms with Gasteiger partial charge in [-0.25, -0.2) is 8.42 Å². The van der Waals surface area contributed by atoms with Gasteiger partial charge in [0, 0.05) is 43.7 Å². The number of hydrogen-bond acceptors (Lipinski definition) is 4. The minimum Gasteiger partial charge on any atom is -0.351 e. The van der Waals surface area contributed by atoms with Crippen LogP contribution >= 0.6 is 15.9 Å². The SMILES string of the molecule is O=C(NCCN1CCN(S(=O)(=O)c2ccccc2)CC1)c1ccccc1Br. The molecule has 3 rings (SSSR count). The number of sulfonamides is 1. The highest BCUT2D eigenvalue weighted by Gasteiger charge is 2.28. The maximum absolute atomic E-state index is 12.6. The molecule has 1 aliphatic heterocycles. The molecule has 144 valence electrons. The highest BCUT2D eigenvalue weighted by molar-refractivity contribution is 9.10. The molecule has 1 N–H and O–H groups in total. The third-order valence-electron chi connectivity index (χ3n) is 4.54. The van der Waals surface area contributed by atoms with Crippen LogP contribution in [0.2, 0.25) is 0 Å². The van der Waals surface area contributed by atoms with Crippen molar-refractivity contribution in [3.05, 3.63) is 64.6 Å². The van der Waals surface area contributed by atoms with Crippen LogP contribution in [0.4, 0.5) is 0 Å². The van der Waals surface area contributed by atoms with E-state index in [0.717, 1.165) is 4.47 Å². The van der Waals surface area contributed by atoms with Crippen molar-refractivity contribution in [2.45, 2.75) is 4.90 Å². The Hall–Kier alpha value is -1.74. The Balaban J connectivity index is 1.46. The molecule has 2 aromatic rings. The molecule has 8 heteroatoms. The Morgan fingerprint density at radius 1 is 0.963 bits per heavy atom. The molecular weight excluding hydrogens is 430 g/mol. The summed E-state index contributed by atoms with van der Waals surface area (Å²) in [7, 11) is -3.43. The van der Waals surface area contributed by atoms with Crippen LogP contribution in [0.3, 0.4) is 0 Å².